The monoisotopic (exact) mass is 206 g/mol. The maximum Gasteiger partial charge on any atom is 0.300 e. The Labute approximate surface area is 85.4 Å². The SMILES string of the molecule is CC(=O)O.O=c1cnc2ccccc2[nH]1. The minimum atomic E-state index is -0.833. The molecule has 0 bridgehead atoms. The lowest BCUT2D eigenvalue weighted by Gasteiger charge is -1.92. The maximum absolute atomic E-state index is 10.8. The van der Waals surface area contributed by atoms with E-state index in [2.05, 4.69) is 9.97 Å². The van der Waals surface area contributed by atoms with Crippen molar-refractivity contribution in [3.8, 4) is 0 Å². The lowest BCUT2D eigenvalue weighted by molar-refractivity contribution is -0.134. The number of nitrogens with one attached hydrogen (secondary N) is 1. The van der Waals surface area contributed by atoms with E-state index < -0.39 is 5.97 Å². The second-order valence-corrected chi connectivity index (χ2v) is 2.78. The van der Waals surface area contributed by atoms with E-state index >= 15 is 0 Å². The van der Waals surface area contributed by atoms with Crippen LogP contribution in [0.25, 0.3) is 11.0 Å². The van der Waals surface area contributed by atoms with Crippen molar-refractivity contribution < 1.29 is 9.90 Å². The van der Waals surface area contributed by atoms with Gasteiger partial charge in [-0.2, -0.15) is 0 Å². The van der Waals surface area contributed by atoms with Crippen molar-refractivity contribution in [2.24, 2.45) is 0 Å². The molecule has 1 aromatic carbocycles. The molecule has 0 spiro atoms. The fourth-order valence-corrected chi connectivity index (χ4v) is 0.985. The van der Waals surface area contributed by atoms with E-state index in [-0.39, 0.29) is 5.56 Å². The van der Waals surface area contributed by atoms with E-state index in [4.69, 9.17) is 9.90 Å². The Bertz CT molecular complexity index is 515. The van der Waals surface area contributed by atoms with Crippen LogP contribution in [0, 0.1) is 0 Å². The van der Waals surface area contributed by atoms with Crippen LogP contribution >= 0.6 is 0 Å². The third-order valence-electron chi connectivity index (χ3n) is 1.48. The smallest absolute Gasteiger partial charge is 0.300 e. The Morgan fingerprint density at radius 1 is 1.40 bits per heavy atom. The minimum Gasteiger partial charge on any atom is -0.481 e. The summed E-state index contributed by atoms with van der Waals surface area (Å²) in [4.78, 5) is 26.4. The molecule has 0 fully saturated rings. The van der Waals surface area contributed by atoms with Gasteiger partial charge < -0.3 is 10.1 Å². The summed E-state index contributed by atoms with van der Waals surface area (Å²) in [6, 6.07) is 7.42. The fourth-order valence-electron chi connectivity index (χ4n) is 0.985. The van der Waals surface area contributed by atoms with Gasteiger partial charge >= 0.3 is 0 Å². The van der Waals surface area contributed by atoms with E-state index in [1.54, 1.807) is 0 Å². The molecule has 0 unspecified atom stereocenters. The number of carboxylic acids is 1. The third kappa shape index (κ3) is 3.60. The molecule has 0 amide bonds. The Morgan fingerprint density at radius 3 is 2.67 bits per heavy atom. The lowest BCUT2D eigenvalue weighted by atomic mass is 10.3. The van der Waals surface area contributed by atoms with Gasteiger partial charge in [-0.05, 0) is 12.1 Å². The standard InChI is InChI=1S/C8H6N2O.C2H4O2/c11-8-5-9-6-3-1-2-4-7(6)10-8;1-2(3)4/h1-5H,(H,10,11);1H3,(H,3,4). The van der Waals surface area contributed by atoms with Gasteiger partial charge in [0.05, 0.1) is 17.2 Å². The van der Waals surface area contributed by atoms with E-state index in [0.29, 0.717) is 0 Å². The molecule has 15 heavy (non-hydrogen) atoms. The average Bonchev–Trinajstić information content (AvgIpc) is 2.16. The highest BCUT2D eigenvalue weighted by atomic mass is 16.4. The zero-order valence-electron chi connectivity index (χ0n) is 8.10. The van der Waals surface area contributed by atoms with Gasteiger partial charge in [0.2, 0.25) is 0 Å². The van der Waals surface area contributed by atoms with Gasteiger partial charge in [-0.15, -0.1) is 0 Å². The molecule has 2 N–H and O–H groups in total. The maximum atomic E-state index is 10.8. The van der Waals surface area contributed by atoms with Crippen molar-refractivity contribution in [2.45, 2.75) is 6.92 Å². The van der Waals surface area contributed by atoms with Crippen LogP contribution in [0.3, 0.4) is 0 Å². The van der Waals surface area contributed by atoms with Crippen LogP contribution in [0.2, 0.25) is 0 Å². The van der Waals surface area contributed by atoms with E-state index in [0.717, 1.165) is 18.0 Å². The lowest BCUT2D eigenvalue weighted by Crippen LogP contribution is -2.04. The van der Waals surface area contributed by atoms with Gasteiger partial charge in [-0.1, -0.05) is 12.1 Å². The molecule has 0 aliphatic carbocycles. The predicted octanol–water partition coefficient (Wildman–Crippen LogP) is 1.01. The highest BCUT2D eigenvalue weighted by Crippen LogP contribution is 2.02. The van der Waals surface area contributed by atoms with Crippen LogP contribution in [-0.4, -0.2) is 21.0 Å². The van der Waals surface area contributed by atoms with Gasteiger partial charge in [-0.3, -0.25) is 9.59 Å². The van der Waals surface area contributed by atoms with Crippen molar-refractivity contribution in [1.82, 2.24) is 9.97 Å². The molecule has 2 rings (SSSR count). The zero-order chi connectivity index (χ0) is 11.3. The van der Waals surface area contributed by atoms with E-state index in [1.807, 2.05) is 24.3 Å². The van der Waals surface area contributed by atoms with Crippen LogP contribution in [0.1, 0.15) is 6.92 Å². The number of carboxylic acid groups (broad SMARTS) is 1. The first-order chi connectivity index (χ1) is 7.09. The molecule has 0 atom stereocenters. The number of aromatic nitrogens is 2. The molecule has 78 valence electrons. The van der Waals surface area contributed by atoms with Crippen LogP contribution in [0.5, 0.6) is 0 Å². The molecule has 0 aliphatic heterocycles. The second-order valence-electron chi connectivity index (χ2n) is 2.78. The first kappa shape index (κ1) is 10.9. The number of H-pyrrole nitrogens is 1. The van der Waals surface area contributed by atoms with E-state index in [1.165, 1.54) is 6.20 Å². The van der Waals surface area contributed by atoms with Gasteiger partial charge in [0.25, 0.3) is 11.5 Å². The highest BCUT2D eigenvalue weighted by molar-refractivity contribution is 5.72. The summed E-state index contributed by atoms with van der Waals surface area (Å²) in [7, 11) is 0. The predicted molar refractivity (Wildman–Crippen MR) is 55.7 cm³/mol. The zero-order valence-corrected chi connectivity index (χ0v) is 8.10. The number of nitrogens with zero attached hydrogens (tertiary/aromatic N) is 1. The molecule has 0 radical (unpaired) electrons. The summed E-state index contributed by atoms with van der Waals surface area (Å²) < 4.78 is 0. The van der Waals surface area contributed by atoms with E-state index in [9.17, 15) is 4.79 Å². The molecule has 5 nitrogen and oxygen atoms in total. The minimum absolute atomic E-state index is 0.163. The number of hydrogen-bond acceptors (Lipinski definition) is 3. The Balaban J connectivity index is 0.000000245. The molecule has 5 heteroatoms. The number of rotatable bonds is 0. The van der Waals surface area contributed by atoms with Crippen molar-refractivity contribution in [1.29, 1.82) is 0 Å². The van der Waals surface area contributed by atoms with Crippen molar-refractivity contribution in [2.75, 3.05) is 0 Å². The van der Waals surface area contributed by atoms with Gasteiger partial charge in [0.1, 0.15) is 0 Å². The third-order valence-corrected chi connectivity index (χ3v) is 1.48. The molecule has 0 saturated carbocycles. The molecule has 0 aliphatic rings. The first-order valence-electron chi connectivity index (χ1n) is 4.23. The Hall–Kier alpha value is -2.17. The van der Waals surface area contributed by atoms with Gasteiger partial charge in [0.15, 0.2) is 0 Å². The summed E-state index contributed by atoms with van der Waals surface area (Å²) in [5.41, 5.74) is 1.43. The van der Waals surface area contributed by atoms with Crippen LogP contribution in [0.15, 0.2) is 35.3 Å². The number of fused-ring (bicyclic) bond motifs is 1. The van der Waals surface area contributed by atoms with Crippen LogP contribution in [-0.2, 0) is 4.79 Å². The van der Waals surface area contributed by atoms with Crippen LogP contribution in [0.4, 0.5) is 0 Å². The average molecular weight is 206 g/mol. The number of aromatic amines is 1. The summed E-state index contributed by atoms with van der Waals surface area (Å²) >= 11 is 0. The Kier molecular flexibility index (Phi) is 3.56. The molecular formula is C10H10N2O3. The largest absolute Gasteiger partial charge is 0.481 e. The number of hydrogen-bond donors (Lipinski definition) is 2. The second kappa shape index (κ2) is 4.90. The highest BCUT2D eigenvalue weighted by Gasteiger charge is 1.90. The normalized spacial score (nSPS) is 9.13. The van der Waals surface area contributed by atoms with Crippen molar-refractivity contribution in [3.05, 3.63) is 40.8 Å². The fraction of sp³-hybridized carbons (Fsp3) is 0.100. The summed E-state index contributed by atoms with van der Waals surface area (Å²) in [5.74, 6) is -0.833. The quantitative estimate of drug-likeness (QED) is 0.673. The number of aliphatic carboxylic acids is 1. The molecular weight excluding hydrogens is 196 g/mol. The number of carbonyl (C=O) groups is 1. The summed E-state index contributed by atoms with van der Waals surface area (Å²) in [6.45, 7) is 1.08. The molecule has 0 saturated heterocycles. The van der Waals surface area contributed by atoms with Crippen molar-refractivity contribution >= 4 is 17.0 Å². The number of benzene rings is 1. The first-order valence-corrected chi connectivity index (χ1v) is 4.23. The topological polar surface area (TPSA) is 83.0 Å². The Morgan fingerprint density at radius 2 is 2.00 bits per heavy atom. The van der Waals surface area contributed by atoms with Gasteiger partial charge in [0, 0.05) is 6.92 Å². The van der Waals surface area contributed by atoms with Crippen LogP contribution < -0.4 is 5.56 Å². The molecule has 2 aromatic rings. The summed E-state index contributed by atoms with van der Waals surface area (Å²) in [6.07, 6.45) is 1.28. The van der Waals surface area contributed by atoms with Crippen molar-refractivity contribution in [3.63, 3.8) is 0 Å². The molecule has 1 aromatic heterocycles. The molecule has 1 heterocycles. The summed E-state index contributed by atoms with van der Waals surface area (Å²) in [5, 5.41) is 7.42. The van der Waals surface area contributed by atoms with Gasteiger partial charge in [-0.25, -0.2) is 4.98 Å². The number of para-hydroxylation sites is 2.